The van der Waals surface area contributed by atoms with E-state index in [2.05, 4.69) is 13.8 Å². The quantitative estimate of drug-likeness (QED) is 0.773. The van der Waals surface area contributed by atoms with Crippen LogP contribution in [-0.4, -0.2) is 42.8 Å². The van der Waals surface area contributed by atoms with Crippen molar-refractivity contribution >= 4 is 17.4 Å². The first-order chi connectivity index (χ1) is 13.0. The van der Waals surface area contributed by atoms with Gasteiger partial charge in [-0.2, -0.15) is 13.2 Å². The SMILES string of the molecule is CC(=O)[C@H]1C[C@@H](CC(=O)N2CCN(c3ccc(C(F)(F)F)cc3)CC2)C1(C)C. The molecule has 0 N–H and O–H groups in total. The van der Waals surface area contributed by atoms with Gasteiger partial charge in [0.25, 0.3) is 0 Å². The second kappa shape index (κ2) is 7.41. The third-order valence-electron chi connectivity index (χ3n) is 6.57. The molecule has 0 radical (unpaired) electrons. The molecular formula is C21H27F3N2O2. The number of rotatable bonds is 4. The molecule has 1 aromatic carbocycles. The molecule has 1 aromatic rings. The molecule has 2 aliphatic rings. The van der Waals surface area contributed by atoms with Crippen LogP contribution in [-0.2, 0) is 15.8 Å². The lowest BCUT2D eigenvalue weighted by atomic mass is 9.52. The molecular weight excluding hydrogens is 369 g/mol. The molecule has 7 heteroatoms. The van der Waals surface area contributed by atoms with E-state index >= 15 is 0 Å². The van der Waals surface area contributed by atoms with Gasteiger partial charge in [0.05, 0.1) is 5.56 Å². The van der Waals surface area contributed by atoms with Gasteiger partial charge in [0.15, 0.2) is 0 Å². The second-order valence-electron chi connectivity index (χ2n) is 8.53. The minimum Gasteiger partial charge on any atom is -0.368 e. The van der Waals surface area contributed by atoms with Gasteiger partial charge in [0.2, 0.25) is 5.91 Å². The number of anilines is 1. The number of piperazine rings is 1. The summed E-state index contributed by atoms with van der Waals surface area (Å²) in [5.74, 6) is 0.565. The summed E-state index contributed by atoms with van der Waals surface area (Å²) in [5.41, 5.74) is -0.0506. The lowest BCUT2D eigenvalue weighted by molar-refractivity contribution is -0.145. The smallest absolute Gasteiger partial charge is 0.368 e. The third-order valence-corrected chi connectivity index (χ3v) is 6.57. The van der Waals surface area contributed by atoms with E-state index in [9.17, 15) is 22.8 Å². The van der Waals surface area contributed by atoms with Crippen LogP contribution in [0.4, 0.5) is 18.9 Å². The van der Waals surface area contributed by atoms with Crippen molar-refractivity contribution in [3.63, 3.8) is 0 Å². The van der Waals surface area contributed by atoms with E-state index in [1.807, 2.05) is 9.80 Å². The van der Waals surface area contributed by atoms with E-state index in [1.165, 1.54) is 12.1 Å². The van der Waals surface area contributed by atoms with E-state index < -0.39 is 11.7 Å². The summed E-state index contributed by atoms with van der Waals surface area (Å²) >= 11 is 0. The van der Waals surface area contributed by atoms with Crippen LogP contribution in [0.5, 0.6) is 0 Å². The number of carbonyl (C=O) groups excluding carboxylic acids is 2. The van der Waals surface area contributed by atoms with Gasteiger partial charge in [-0.1, -0.05) is 13.8 Å². The van der Waals surface area contributed by atoms with Gasteiger partial charge >= 0.3 is 6.18 Å². The summed E-state index contributed by atoms with van der Waals surface area (Å²) in [6.45, 7) is 8.05. The maximum absolute atomic E-state index is 12.7. The zero-order chi connectivity index (χ0) is 20.7. The summed E-state index contributed by atoms with van der Waals surface area (Å²) < 4.78 is 38.1. The van der Waals surface area contributed by atoms with Crippen LogP contribution in [0.15, 0.2) is 24.3 Å². The van der Waals surface area contributed by atoms with Gasteiger partial charge in [0, 0.05) is 44.2 Å². The number of hydrogen-bond acceptors (Lipinski definition) is 3. The van der Waals surface area contributed by atoms with E-state index in [1.54, 1.807) is 6.92 Å². The highest BCUT2D eigenvalue weighted by molar-refractivity contribution is 5.82. The molecule has 1 amide bonds. The van der Waals surface area contributed by atoms with Crippen molar-refractivity contribution < 1.29 is 22.8 Å². The zero-order valence-electron chi connectivity index (χ0n) is 16.6. The van der Waals surface area contributed by atoms with Crippen molar-refractivity contribution in [2.45, 2.75) is 39.8 Å². The summed E-state index contributed by atoms with van der Waals surface area (Å²) in [7, 11) is 0. The Morgan fingerprint density at radius 2 is 1.64 bits per heavy atom. The highest BCUT2D eigenvalue weighted by Crippen LogP contribution is 2.53. The Morgan fingerprint density at radius 3 is 2.11 bits per heavy atom. The van der Waals surface area contributed by atoms with Crippen LogP contribution in [0.25, 0.3) is 0 Å². The first kappa shape index (κ1) is 20.7. The fourth-order valence-electron chi connectivity index (χ4n) is 4.47. The molecule has 1 saturated heterocycles. The number of ketones is 1. The molecule has 0 unspecified atom stereocenters. The number of halogens is 3. The van der Waals surface area contributed by atoms with Crippen LogP contribution in [0.3, 0.4) is 0 Å². The molecule has 1 saturated carbocycles. The predicted octanol–water partition coefficient (Wildman–Crippen LogP) is 4.00. The molecule has 2 fully saturated rings. The zero-order valence-corrected chi connectivity index (χ0v) is 16.6. The van der Waals surface area contributed by atoms with Crippen molar-refractivity contribution in [3.8, 4) is 0 Å². The number of hydrogen-bond donors (Lipinski definition) is 0. The largest absolute Gasteiger partial charge is 0.416 e. The number of alkyl halides is 3. The number of Topliss-reactive ketones (excluding diaryl/α,β-unsaturated/α-hetero) is 1. The minimum atomic E-state index is -4.33. The molecule has 1 heterocycles. The molecule has 3 rings (SSSR count). The van der Waals surface area contributed by atoms with Gasteiger partial charge in [0.1, 0.15) is 5.78 Å². The van der Waals surface area contributed by atoms with E-state index in [0.29, 0.717) is 32.6 Å². The highest BCUT2D eigenvalue weighted by Gasteiger charge is 2.50. The van der Waals surface area contributed by atoms with E-state index in [4.69, 9.17) is 0 Å². The Bertz CT molecular complexity index is 735. The minimum absolute atomic E-state index is 0.0433. The monoisotopic (exact) mass is 396 g/mol. The Kier molecular flexibility index (Phi) is 5.47. The average molecular weight is 396 g/mol. The van der Waals surface area contributed by atoms with Crippen LogP contribution in [0, 0.1) is 17.3 Å². The fraction of sp³-hybridized carbons (Fsp3) is 0.619. The maximum atomic E-state index is 12.7. The molecule has 0 aromatic heterocycles. The number of benzene rings is 1. The lowest BCUT2D eigenvalue weighted by Crippen LogP contribution is -2.52. The van der Waals surface area contributed by atoms with Gasteiger partial charge in [-0.05, 0) is 48.9 Å². The van der Waals surface area contributed by atoms with Crippen molar-refractivity contribution in [2.24, 2.45) is 17.3 Å². The Hall–Kier alpha value is -2.05. The standard InChI is InChI=1S/C21H27F3N2O2/c1-14(27)18-12-16(20(18,2)3)13-19(28)26-10-8-25(9-11-26)17-6-4-15(5-7-17)21(22,23)24/h4-7,16,18H,8-13H2,1-3H3/t16-,18+/m0/s1. The van der Waals surface area contributed by atoms with Crippen molar-refractivity contribution in [2.75, 3.05) is 31.1 Å². The van der Waals surface area contributed by atoms with Gasteiger partial charge in [-0.25, -0.2) is 0 Å². The normalized spacial score (nSPS) is 24.6. The second-order valence-corrected chi connectivity index (χ2v) is 8.53. The predicted molar refractivity (Wildman–Crippen MR) is 101 cm³/mol. The first-order valence-corrected chi connectivity index (χ1v) is 9.70. The summed E-state index contributed by atoms with van der Waals surface area (Å²) in [5, 5.41) is 0. The van der Waals surface area contributed by atoms with Gasteiger partial charge in [-0.3, -0.25) is 9.59 Å². The molecule has 154 valence electrons. The molecule has 4 nitrogen and oxygen atoms in total. The van der Waals surface area contributed by atoms with Gasteiger partial charge in [-0.15, -0.1) is 0 Å². The van der Waals surface area contributed by atoms with Crippen LogP contribution >= 0.6 is 0 Å². The average Bonchev–Trinajstić information content (AvgIpc) is 2.63. The summed E-state index contributed by atoms with van der Waals surface area (Å²) in [4.78, 5) is 28.2. The molecule has 0 bridgehead atoms. The molecule has 0 spiro atoms. The topological polar surface area (TPSA) is 40.6 Å². The number of amides is 1. The van der Waals surface area contributed by atoms with Crippen molar-refractivity contribution in [1.82, 2.24) is 4.90 Å². The Labute approximate surface area is 163 Å². The van der Waals surface area contributed by atoms with Crippen LogP contribution in [0.2, 0.25) is 0 Å². The summed E-state index contributed by atoms with van der Waals surface area (Å²) in [6.07, 6.45) is -3.10. The van der Waals surface area contributed by atoms with Crippen molar-refractivity contribution in [3.05, 3.63) is 29.8 Å². The summed E-state index contributed by atoms with van der Waals surface area (Å²) in [6, 6.07) is 5.16. The van der Waals surface area contributed by atoms with E-state index in [0.717, 1.165) is 24.2 Å². The highest BCUT2D eigenvalue weighted by atomic mass is 19.4. The number of nitrogens with zero attached hydrogens (tertiary/aromatic N) is 2. The Morgan fingerprint density at radius 1 is 1.07 bits per heavy atom. The third kappa shape index (κ3) is 4.03. The molecule has 1 aliphatic carbocycles. The van der Waals surface area contributed by atoms with Crippen LogP contribution < -0.4 is 4.90 Å². The lowest BCUT2D eigenvalue weighted by Gasteiger charge is -2.51. The van der Waals surface area contributed by atoms with Crippen molar-refractivity contribution in [1.29, 1.82) is 0 Å². The van der Waals surface area contributed by atoms with Crippen LogP contribution in [0.1, 0.15) is 39.2 Å². The fourth-order valence-corrected chi connectivity index (χ4v) is 4.47. The molecule has 2 atom stereocenters. The molecule has 28 heavy (non-hydrogen) atoms. The number of carbonyl (C=O) groups is 2. The first-order valence-electron chi connectivity index (χ1n) is 9.70. The van der Waals surface area contributed by atoms with Gasteiger partial charge < -0.3 is 9.80 Å². The maximum Gasteiger partial charge on any atom is 0.416 e. The molecule has 1 aliphatic heterocycles. The Balaban J connectivity index is 1.51. The van der Waals surface area contributed by atoms with E-state index in [-0.39, 0.29) is 28.9 Å².